The Kier molecular flexibility index (Phi) is 7.88. The molecule has 4 heteroatoms. The first-order valence-electron chi connectivity index (χ1n) is 8.65. The summed E-state index contributed by atoms with van der Waals surface area (Å²) in [7, 11) is 0. The minimum Gasteiger partial charge on any atom is -0.380 e. The van der Waals surface area contributed by atoms with Crippen LogP contribution in [0.3, 0.4) is 0 Å². The lowest BCUT2D eigenvalue weighted by atomic mass is 10.2. The highest BCUT2D eigenvalue weighted by atomic mass is 16.5. The van der Waals surface area contributed by atoms with E-state index in [1.165, 1.54) is 64.8 Å². The van der Waals surface area contributed by atoms with Crippen LogP contribution in [0.5, 0.6) is 0 Å². The number of unbranched alkanes of at least 4 members (excludes halogenated alkanes) is 1. The first kappa shape index (κ1) is 16.2. The maximum Gasteiger partial charge on any atom is 0.0590 e. The molecule has 2 saturated heterocycles. The molecule has 0 radical (unpaired) electrons. The van der Waals surface area contributed by atoms with E-state index in [0.717, 1.165) is 32.3 Å². The molecule has 20 heavy (non-hydrogen) atoms. The predicted molar refractivity (Wildman–Crippen MR) is 84.2 cm³/mol. The molecule has 1 atom stereocenters. The average Bonchev–Trinajstić information content (AvgIpc) is 3.12. The van der Waals surface area contributed by atoms with E-state index < -0.39 is 0 Å². The van der Waals surface area contributed by atoms with Gasteiger partial charge in [-0.3, -0.25) is 4.90 Å². The fourth-order valence-electron chi connectivity index (χ4n) is 3.28. The fraction of sp³-hybridized carbons (Fsp3) is 1.00. The standard InChI is InChI=1S/C16H33N3O/c1-2-3-13-20-14-8-17-7-12-18-11-6-16(15-18)19-9-4-5-10-19/h16-17H,2-15H2,1H3. The summed E-state index contributed by atoms with van der Waals surface area (Å²) < 4.78 is 5.55. The van der Waals surface area contributed by atoms with Gasteiger partial charge in [0.15, 0.2) is 0 Å². The van der Waals surface area contributed by atoms with Crippen molar-refractivity contribution in [3.8, 4) is 0 Å². The molecular weight excluding hydrogens is 250 g/mol. The highest BCUT2D eigenvalue weighted by Gasteiger charge is 2.28. The van der Waals surface area contributed by atoms with E-state index in [9.17, 15) is 0 Å². The van der Waals surface area contributed by atoms with Gasteiger partial charge in [-0.05, 0) is 45.3 Å². The van der Waals surface area contributed by atoms with Crippen LogP contribution < -0.4 is 5.32 Å². The number of hydrogen-bond acceptors (Lipinski definition) is 4. The summed E-state index contributed by atoms with van der Waals surface area (Å²) in [6.45, 7) is 12.5. The van der Waals surface area contributed by atoms with Gasteiger partial charge in [0.2, 0.25) is 0 Å². The third-order valence-corrected chi connectivity index (χ3v) is 4.57. The Labute approximate surface area is 124 Å². The van der Waals surface area contributed by atoms with Crippen molar-refractivity contribution in [3.63, 3.8) is 0 Å². The molecule has 0 amide bonds. The van der Waals surface area contributed by atoms with Gasteiger partial charge < -0.3 is 15.0 Å². The van der Waals surface area contributed by atoms with E-state index in [0.29, 0.717) is 0 Å². The van der Waals surface area contributed by atoms with E-state index in [2.05, 4.69) is 22.0 Å². The molecule has 0 bridgehead atoms. The molecule has 0 spiro atoms. The lowest BCUT2D eigenvalue weighted by molar-refractivity contribution is 0.132. The van der Waals surface area contributed by atoms with Crippen LogP contribution in [0, 0.1) is 0 Å². The van der Waals surface area contributed by atoms with Gasteiger partial charge in [-0.15, -0.1) is 0 Å². The summed E-state index contributed by atoms with van der Waals surface area (Å²) >= 11 is 0. The largest absolute Gasteiger partial charge is 0.380 e. The average molecular weight is 283 g/mol. The van der Waals surface area contributed by atoms with Crippen molar-refractivity contribution in [3.05, 3.63) is 0 Å². The number of nitrogens with zero attached hydrogens (tertiary/aromatic N) is 2. The van der Waals surface area contributed by atoms with E-state index in [1.54, 1.807) is 0 Å². The second-order valence-electron chi connectivity index (χ2n) is 6.20. The van der Waals surface area contributed by atoms with E-state index in [1.807, 2.05) is 0 Å². The van der Waals surface area contributed by atoms with Gasteiger partial charge >= 0.3 is 0 Å². The molecule has 4 nitrogen and oxygen atoms in total. The number of rotatable bonds is 10. The lowest BCUT2D eigenvalue weighted by Crippen LogP contribution is -2.37. The molecule has 118 valence electrons. The minimum atomic E-state index is 0.842. The van der Waals surface area contributed by atoms with E-state index in [4.69, 9.17) is 4.74 Å². The van der Waals surface area contributed by atoms with Gasteiger partial charge in [-0.25, -0.2) is 0 Å². The molecule has 2 rings (SSSR count). The molecule has 0 aromatic rings. The third-order valence-electron chi connectivity index (χ3n) is 4.57. The molecule has 2 aliphatic rings. The molecule has 0 aromatic heterocycles. The number of likely N-dealkylation sites (tertiary alicyclic amines) is 2. The predicted octanol–water partition coefficient (Wildman–Crippen LogP) is 1.56. The minimum absolute atomic E-state index is 0.842. The van der Waals surface area contributed by atoms with Crippen molar-refractivity contribution in [1.29, 1.82) is 0 Å². The highest BCUT2D eigenvalue weighted by Crippen LogP contribution is 2.19. The Morgan fingerprint density at radius 3 is 2.75 bits per heavy atom. The second-order valence-corrected chi connectivity index (χ2v) is 6.20. The van der Waals surface area contributed by atoms with Gasteiger partial charge in [0.25, 0.3) is 0 Å². The van der Waals surface area contributed by atoms with Crippen LogP contribution >= 0.6 is 0 Å². The number of hydrogen-bond donors (Lipinski definition) is 1. The molecule has 2 fully saturated rings. The Bertz CT molecular complexity index is 244. The van der Waals surface area contributed by atoms with E-state index in [-0.39, 0.29) is 0 Å². The summed E-state index contributed by atoms with van der Waals surface area (Å²) in [5, 5.41) is 3.49. The summed E-state index contributed by atoms with van der Waals surface area (Å²) in [6.07, 6.45) is 6.61. The van der Waals surface area contributed by atoms with Gasteiger partial charge in [-0.2, -0.15) is 0 Å². The zero-order chi connectivity index (χ0) is 14.0. The topological polar surface area (TPSA) is 27.7 Å². The monoisotopic (exact) mass is 283 g/mol. The van der Waals surface area contributed by atoms with Crippen molar-refractivity contribution in [2.75, 3.05) is 59.0 Å². The van der Waals surface area contributed by atoms with Gasteiger partial charge in [-0.1, -0.05) is 13.3 Å². The third kappa shape index (κ3) is 5.68. The SMILES string of the molecule is CCCCOCCNCCN1CCC(N2CCCC2)C1. The molecule has 2 heterocycles. The first-order chi connectivity index (χ1) is 9.90. The lowest BCUT2D eigenvalue weighted by Gasteiger charge is -2.23. The van der Waals surface area contributed by atoms with Crippen molar-refractivity contribution in [2.45, 2.75) is 45.1 Å². The summed E-state index contributed by atoms with van der Waals surface area (Å²) in [5.41, 5.74) is 0. The van der Waals surface area contributed by atoms with Crippen molar-refractivity contribution in [2.24, 2.45) is 0 Å². The van der Waals surface area contributed by atoms with Crippen molar-refractivity contribution in [1.82, 2.24) is 15.1 Å². The maximum absolute atomic E-state index is 5.55. The molecule has 1 N–H and O–H groups in total. The number of ether oxygens (including phenoxy) is 1. The number of nitrogens with one attached hydrogen (secondary N) is 1. The Hall–Kier alpha value is -0.160. The van der Waals surface area contributed by atoms with E-state index >= 15 is 0 Å². The molecule has 1 unspecified atom stereocenters. The summed E-state index contributed by atoms with van der Waals surface area (Å²) in [5.74, 6) is 0. The Morgan fingerprint density at radius 2 is 1.95 bits per heavy atom. The van der Waals surface area contributed by atoms with Crippen molar-refractivity contribution >= 4 is 0 Å². The van der Waals surface area contributed by atoms with Crippen LogP contribution in [0.15, 0.2) is 0 Å². The molecule has 0 aromatic carbocycles. The maximum atomic E-state index is 5.55. The highest BCUT2D eigenvalue weighted by molar-refractivity contribution is 4.85. The molecule has 0 saturated carbocycles. The summed E-state index contributed by atoms with van der Waals surface area (Å²) in [6, 6.07) is 0.842. The van der Waals surface area contributed by atoms with Crippen LogP contribution in [-0.2, 0) is 4.74 Å². The second kappa shape index (κ2) is 9.72. The van der Waals surface area contributed by atoms with Crippen LogP contribution in [-0.4, -0.2) is 74.9 Å². The van der Waals surface area contributed by atoms with Gasteiger partial charge in [0.05, 0.1) is 6.61 Å². The molecule has 0 aliphatic carbocycles. The van der Waals surface area contributed by atoms with Crippen molar-refractivity contribution < 1.29 is 4.74 Å². The zero-order valence-corrected chi connectivity index (χ0v) is 13.3. The molecule has 2 aliphatic heterocycles. The smallest absolute Gasteiger partial charge is 0.0590 e. The fourth-order valence-corrected chi connectivity index (χ4v) is 3.28. The normalized spacial score (nSPS) is 24.8. The van der Waals surface area contributed by atoms with Crippen LogP contribution in [0.1, 0.15) is 39.0 Å². The van der Waals surface area contributed by atoms with Crippen LogP contribution in [0.25, 0.3) is 0 Å². The first-order valence-corrected chi connectivity index (χ1v) is 8.65. The summed E-state index contributed by atoms with van der Waals surface area (Å²) in [4.78, 5) is 5.32. The Morgan fingerprint density at radius 1 is 1.10 bits per heavy atom. The molecular formula is C16H33N3O. The quantitative estimate of drug-likeness (QED) is 0.616. The zero-order valence-electron chi connectivity index (χ0n) is 13.3. The van der Waals surface area contributed by atoms with Crippen LogP contribution in [0.4, 0.5) is 0 Å². The Balaban J connectivity index is 1.43. The van der Waals surface area contributed by atoms with Gasteiger partial charge in [0, 0.05) is 38.8 Å². The van der Waals surface area contributed by atoms with Gasteiger partial charge in [0.1, 0.15) is 0 Å². The van der Waals surface area contributed by atoms with Crippen LogP contribution in [0.2, 0.25) is 0 Å².